The summed E-state index contributed by atoms with van der Waals surface area (Å²) in [5, 5.41) is 11.3. The highest BCUT2D eigenvalue weighted by molar-refractivity contribution is 5.34. The van der Waals surface area contributed by atoms with Gasteiger partial charge in [-0.3, -0.25) is 0 Å². The Hall–Kier alpha value is -1.28. The maximum absolute atomic E-state index is 11.3. The Morgan fingerprint density at radius 2 is 1.68 bits per heavy atom. The SMILES string of the molecule is OC1(C2=CCCO2)C2CCC1Cc1ccccc1C2. The van der Waals surface area contributed by atoms with Crippen LogP contribution in [0.15, 0.2) is 36.1 Å². The summed E-state index contributed by atoms with van der Waals surface area (Å²) in [5.41, 5.74) is 2.13. The predicted octanol–water partition coefficient (Wildman–Crippen LogP) is 2.85. The Balaban J connectivity index is 1.77. The first kappa shape index (κ1) is 11.5. The minimum absolute atomic E-state index is 0.325. The molecule has 1 aromatic rings. The lowest BCUT2D eigenvalue weighted by molar-refractivity contribution is -0.0418. The second kappa shape index (κ2) is 4.11. The fraction of sp³-hybridized carbons (Fsp3) is 0.529. The highest BCUT2D eigenvalue weighted by Crippen LogP contribution is 2.51. The molecule has 0 saturated heterocycles. The number of hydrogen-bond acceptors (Lipinski definition) is 2. The lowest BCUT2D eigenvalue weighted by Crippen LogP contribution is -2.42. The molecule has 1 saturated carbocycles. The molecule has 2 heteroatoms. The van der Waals surface area contributed by atoms with E-state index in [9.17, 15) is 5.11 Å². The largest absolute Gasteiger partial charge is 0.495 e. The van der Waals surface area contributed by atoms with Crippen LogP contribution in [0.5, 0.6) is 0 Å². The van der Waals surface area contributed by atoms with Crippen molar-refractivity contribution >= 4 is 0 Å². The van der Waals surface area contributed by atoms with E-state index in [1.165, 1.54) is 11.1 Å². The van der Waals surface area contributed by atoms with Gasteiger partial charge < -0.3 is 9.84 Å². The van der Waals surface area contributed by atoms with E-state index in [4.69, 9.17) is 4.74 Å². The third-order valence-corrected chi connectivity index (χ3v) is 5.26. The standard InChI is InChI=1S/C17H20O2/c18-17(16-6-3-9-19-16)14-7-8-15(17)11-13-5-2-1-4-12(13)10-14/h1-2,4-6,14-15,18H,3,7-11H2. The van der Waals surface area contributed by atoms with E-state index in [1.54, 1.807) is 0 Å². The lowest BCUT2D eigenvalue weighted by atomic mass is 9.80. The van der Waals surface area contributed by atoms with Gasteiger partial charge in [0.2, 0.25) is 0 Å². The van der Waals surface area contributed by atoms with Gasteiger partial charge in [-0.15, -0.1) is 0 Å². The smallest absolute Gasteiger partial charge is 0.127 e. The highest BCUT2D eigenvalue weighted by Gasteiger charge is 2.54. The zero-order chi connectivity index (χ0) is 12.9. The van der Waals surface area contributed by atoms with Gasteiger partial charge in [0, 0.05) is 6.42 Å². The molecule has 2 aliphatic carbocycles. The average molecular weight is 256 g/mol. The van der Waals surface area contributed by atoms with E-state index in [0.717, 1.165) is 44.5 Å². The van der Waals surface area contributed by atoms with Crippen LogP contribution in [0.4, 0.5) is 0 Å². The first-order valence-electron chi connectivity index (χ1n) is 7.41. The van der Waals surface area contributed by atoms with Gasteiger partial charge in [-0.2, -0.15) is 0 Å². The zero-order valence-electron chi connectivity index (χ0n) is 11.1. The molecule has 3 aliphatic rings. The predicted molar refractivity (Wildman–Crippen MR) is 73.7 cm³/mol. The monoisotopic (exact) mass is 256 g/mol. The molecule has 2 nitrogen and oxygen atoms in total. The summed E-state index contributed by atoms with van der Waals surface area (Å²) in [6.07, 6.45) is 7.28. The second-order valence-electron chi connectivity index (χ2n) is 6.18. The molecule has 4 rings (SSSR count). The van der Waals surface area contributed by atoms with Gasteiger partial charge in [0.05, 0.1) is 6.61 Å². The Morgan fingerprint density at radius 1 is 1.05 bits per heavy atom. The van der Waals surface area contributed by atoms with Crippen LogP contribution < -0.4 is 0 Å². The molecule has 0 spiro atoms. The van der Waals surface area contributed by atoms with Gasteiger partial charge in [-0.1, -0.05) is 24.3 Å². The maximum atomic E-state index is 11.3. The minimum Gasteiger partial charge on any atom is -0.495 e. The van der Waals surface area contributed by atoms with Crippen molar-refractivity contribution in [3.63, 3.8) is 0 Å². The van der Waals surface area contributed by atoms with E-state index in [-0.39, 0.29) is 0 Å². The molecular weight excluding hydrogens is 236 g/mol. The van der Waals surface area contributed by atoms with Crippen LogP contribution in [0, 0.1) is 11.8 Å². The molecule has 19 heavy (non-hydrogen) atoms. The summed E-state index contributed by atoms with van der Waals surface area (Å²) in [5.74, 6) is 1.52. The summed E-state index contributed by atoms with van der Waals surface area (Å²) in [6, 6.07) is 8.67. The van der Waals surface area contributed by atoms with Crippen LogP contribution >= 0.6 is 0 Å². The van der Waals surface area contributed by atoms with Crippen molar-refractivity contribution in [3.8, 4) is 0 Å². The third kappa shape index (κ3) is 1.59. The molecule has 0 aromatic heterocycles. The molecule has 2 atom stereocenters. The summed E-state index contributed by atoms with van der Waals surface area (Å²) >= 11 is 0. The first-order chi connectivity index (χ1) is 9.28. The Kier molecular flexibility index (Phi) is 2.49. The number of aliphatic hydroxyl groups is 1. The van der Waals surface area contributed by atoms with Crippen molar-refractivity contribution in [1.82, 2.24) is 0 Å². The van der Waals surface area contributed by atoms with E-state index in [2.05, 4.69) is 30.3 Å². The molecule has 2 bridgehead atoms. The van der Waals surface area contributed by atoms with E-state index in [1.807, 2.05) is 0 Å². The fourth-order valence-corrected chi connectivity index (χ4v) is 4.28. The van der Waals surface area contributed by atoms with Crippen LogP contribution in [-0.4, -0.2) is 17.3 Å². The fourth-order valence-electron chi connectivity index (χ4n) is 4.28. The summed E-state index contributed by atoms with van der Waals surface area (Å²) in [6.45, 7) is 0.740. The quantitative estimate of drug-likeness (QED) is 0.837. The van der Waals surface area contributed by atoms with Crippen molar-refractivity contribution in [3.05, 3.63) is 47.2 Å². The Labute approximate surface area is 114 Å². The number of benzene rings is 1. The van der Waals surface area contributed by atoms with Crippen LogP contribution in [0.2, 0.25) is 0 Å². The molecule has 0 radical (unpaired) electrons. The highest BCUT2D eigenvalue weighted by atomic mass is 16.5. The van der Waals surface area contributed by atoms with Crippen LogP contribution in [0.1, 0.15) is 30.4 Å². The normalized spacial score (nSPS) is 36.4. The first-order valence-corrected chi connectivity index (χ1v) is 7.41. The molecule has 2 unspecified atom stereocenters. The number of fused-ring (bicyclic) bond motifs is 3. The summed E-state index contributed by atoms with van der Waals surface area (Å²) in [7, 11) is 0. The molecular formula is C17H20O2. The number of ether oxygens (including phenoxy) is 1. The van der Waals surface area contributed by atoms with Gasteiger partial charge in [-0.05, 0) is 54.7 Å². The number of hydrogen-bond donors (Lipinski definition) is 1. The van der Waals surface area contributed by atoms with Crippen molar-refractivity contribution in [2.24, 2.45) is 11.8 Å². The van der Waals surface area contributed by atoms with Crippen molar-refractivity contribution in [2.45, 2.75) is 37.7 Å². The van der Waals surface area contributed by atoms with E-state index >= 15 is 0 Å². The van der Waals surface area contributed by atoms with E-state index in [0.29, 0.717) is 11.8 Å². The minimum atomic E-state index is -0.713. The lowest BCUT2D eigenvalue weighted by Gasteiger charge is -2.34. The van der Waals surface area contributed by atoms with Crippen LogP contribution in [0.25, 0.3) is 0 Å². The molecule has 0 amide bonds. The van der Waals surface area contributed by atoms with Crippen LogP contribution in [-0.2, 0) is 17.6 Å². The van der Waals surface area contributed by atoms with Crippen molar-refractivity contribution in [1.29, 1.82) is 0 Å². The second-order valence-corrected chi connectivity index (χ2v) is 6.18. The van der Waals surface area contributed by atoms with Gasteiger partial charge in [-0.25, -0.2) is 0 Å². The van der Waals surface area contributed by atoms with Gasteiger partial charge >= 0.3 is 0 Å². The molecule has 1 aromatic carbocycles. The van der Waals surface area contributed by atoms with Crippen molar-refractivity contribution < 1.29 is 9.84 Å². The van der Waals surface area contributed by atoms with Gasteiger partial charge in [0.25, 0.3) is 0 Å². The molecule has 1 heterocycles. The topological polar surface area (TPSA) is 29.5 Å². The molecule has 100 valence electrons. The Bertz CT molecular complexity index is 499. The maximum Gasteiger partial charge on any atom is 0.127 e. The van der Waals surface area contributed by atoms with Crippen LogP contribution in [0.3, 0.4) is 0 Å². The molecule has 1 N–H and O–H groups in total. The van der Waals surface area contributed by atoms with Crippen molar-refractivity contribution in [2.75, 3.05) is 6.61 Å². The molecule has 1 fully saturated rings. The van der Waals surface area contributed by atoms with Gasteiger partial charge in [0.1, 0.15) is 11.4 Å². The van der Waals surface area contributed by atoms with E-state index < -0.39 is 5.60 Å². The zero-order valence-corrected chi connectivity index (χ0v) is 11.1. The summed E-state index contributed by atoms with van der Waals surface area (Å²) in [4.78, 5) is 0. The Morgan fingerprint density at radius 3 is 2.21 bits per heavy atom. The number of rotatable bonds is 1. The summed E-state index contributed by atoms with van der Waals surface area (Å²) < 4.78 is 5.74. The average Bonchev–Trinajstić information content (AvgIpc) is 2.99. The molecule has 1 aliphatic heterocycles. The van der Waals surface area contributed by atoms with Gasteiger partial charge in [0.15, 0.2) is 0 Å². The third-order valence-electron chi connectivity index (χ3n) is 5.26.